The van der Waals surface area contributed by atoms with Gasteiger partial charge in [-0.25, -0.2) is 0 Å². The first-order chi connectivity index (χ1) is 14.3. The van der Waals surface area contributed by atoms with E-state index in [1.807, 2.05) is 36.4 Å². The molecule has 4 rings (SSSR count). The molecule has 1 aliphatic rings. The summed E-state index contributed by atoms with van der Waals surface area (Å²) in [6.45, 7) is 2.19. The highest BCUT2D eigenvalue weighted by Crippen LogP contribution is 2.37. The first kappa shape index (κ1) is 18.9. The van der Waals surface area contributed by atoms with E-state index < -0.39 is 0 Å². The zero-order valence-electron chi connectivity index (χ0n) is 16.8. The van der Waals surface area contributed by atoms with Gasteiger partial charge in [-0.2, -0.15) is 0 Å². The topological polar surface area (TPSA) is 24.4 Å². The van der Waals surface area contributed by atoms with E-state index in [1.165, 1.54) is 27.8 Å². The quantitative estimate of drug-likeness (QED) is 0.462. The first-order valence-corrected chi connectivity index (χ1v) is 10.2. The molecule has 0 spiro atoms. The second kappa shape index (κ2) is 9.20. The summed E-state index contributed by atoms with van der Waals surface area (Å²) in [5.41, 5.74) is 8.64. The number of hydrogen-bond acceptors (Lipinski definition) is 2. The van der Waals surface area contributed by atoms with Crippen molar-refractivity contribution in [1.82, 2.24) is 0 Å². The van der Waals surface area contributed by atoms with Crippen molar-refractivity contribution in [3.8, 4) is 0 Å². The van der Waals surface area contributed by atoms with Crippen LogP contribution in [-0.2, 0) is 0 Å². The minimum Gasteiger partial charge on any atom is -0.361 e. The summed E-state index contributed by atoms with van der Waals surface area (Å²) in [7, 11) is 0. The third-order valence-corrected chi connectivity index (χ3v) is 5.26. The summed E-state index contributed by atoms with van der Waals surface area (Å²) in [6.07, 6.45) is 7.47. The SMILES string of the molecule is Cc1ccccc1C1=C(C=Nc2ccccc2)CCC/C1=C\Nc1ccccc1. The third-order valence-electron chi connectivity index (χ3n) is 5.26. The van der Waals surface area contributed by atoms with Gasteiger partial charge in [-0.1, -0.05) is 60.7 Å². The number of aliphatic imine (C=N–C) groups is 1. The van der Waals surface area contributed by atoms with Crippen LogP contribution in [0, 0.1) is 6.92 Å². The molecule has 1 aliphatic carbocycles. The molecule has 0 heterocycles. The Hall–Kier alpha value is -3.39. The van der Waals surface area contributed by atoms with Crippen LogP contribution in [0.25, 0.3) is 5.57 Å². The Morgan fingerprint density at radius 3 is 2.24 bits per heavy atom. The molecule has 2 nitrogen and oxygen atoms in total. The van der Waals surface area contributed by atoms with Gasteiger partial charge in [-0.3, -0.25) is 4.99 Å². The van der Waals surface area contributed by atoms with Crippen LogP contribution in [0.3, 0.4) is 0 Å². The van der Waals surface area contributed by atoms with Crippen molar-refractivity contribution in [2.24, 2.45) is 4.99 Å². The lowest BCUT2D eigenvalue weighted by Crippen LogP contribution is -2.07. The fourth-order valence-corrected chi connectivity index (χ4v) is 3.77. The van der Waals surface area contributed by atoms with E-state index >= 15 is 0 Å². The number of aryl methyl sites for hydroxylation is 1. The van der Waals surface area contributed by atoms with Crippen molar-refractivity contribution < 1.29 is 0 Å². The molecule has 3 aromatic rings. The van der Waals surface area contributed by atoms with Crippen molar-refractivity contribution in [2.75, 3.05) is 5.32 Å². The smallest absolute Gasteiger partial charge is 0.0629 e. The molecule has 0 saturated carbocycles. The zero-order chi connectivity index (χ0) is 19.9. The molecule has 1 N–H and O–H groups in total. The molecule has 0 aliphatic heterocycles. The van der Waals surface area contributed by atoms with Crippen LogP contribution in [0.4, 0.5) is 11.4 Å². The number of hydrogen-bond donors (Lipinski definition) is 1. The van der Waals surface area contributed by atoms with Gasteiger partial charge in [0.2, 0.25) is 0 Å². The maximum absolute atomic E-state index is 4.76. The lowest BCUT2D eigenvalue weighted by atomic mass is 9.82. The molecule has 0 bridgehead atoms. The number of para-hydroxylation sites is 2. The number of benzene rings is 3. The van der Waals surface area contributed by atoms with Crippen LogP contribution < -0.4 is 5.32 Å². The summed E-state index contributed by atoms with van der Waals surface area (Å²) >= 11 is 0. The largest absolute Gasteiger partial charge is 0.361 e. The van der Waals surface area contributed by atoms with Gasteiger partial charge >= 0.3 is 0 Å². The molecule has 29 heavy (non-hydrogen) atoms. The summed E-state index contributed by atoms with van der Waals surface area (Å²) in [4.78, 5) is 4.76. The van der Waals surface area contributed by atoms with Crippen LogP contribution >= 0.6 is 0 Å². The van der Waals surface area contributed by atoms with Crippen molar-refractivity contribution in [3.63, 3.8) is 0 Å². The van der Waals surface area contributed by atoms with Crippen molar-refractivity contribution in [3.05, 3.63) is 113 Å². The zero-order valence-corrected chi connectivity index (χ0v) is 16.8. The molecule has 2 heteroatoms. The van der Waals surface area contributed by atoms with E-state index in [4.69, 9.17) is 4.99 Å². The maximum atomic E-state index is 4.76. The van der Waals surface area contributed by atoms with Gasteiger partial charge in [0.15, 0.2) is 0 Å². The molecular formula is C27H26N2. The second-order valence-corrected chi connectivity index (χ2v) is 7.34. The van der Waals surface area contributed by atoms with E-state index in [1.54, 1.807) is 0 Å². The number of nitrogens with one attached hydrogen (secondary N) is 1. The Morgan fingerprint density at radius 2 is 1.48 bits per heavy atom. The average molecular weight is 379 g/mol. The van der Waals surface area contributed by atoms with Crippen LogP contribution in [0.5, 0.6) is 0 Å². The summed E-state index contributed by atoms with van der Waals surface area (Å²) in [5, 5.41) is 3.49. The minimum atomic E-state index is 0.989. The highest BCUT2D eigenvalue weighted by molar-refractivity contribution is 5.98. The lowest BCUT2D eigenvalue weighted by Gasteiger charge is -2.23. The van der Waals surface area contributed by atoms with E-state index in [-0.39, 0.29) is 0 Å². The number of allylic oxidation sites excluding steroid dienone is 3. The Labute approximate surface area is 173 Å². The van der Waals surface area contributed by atoms with E-state index in [9.17, 15) is 0 Å². The molecule has 0 atom stereocenters. The summed E-state index contributed by atoms with van der Waals surface area (Å²) in [5.74, 6) is 0. The van der Waals surface area contributed by atoms with Gasteiger partial charge in [0, 0.05) is 18.1 Å². The minimum absolute atomic E-state index is 0.989. The van der Waals surface area contributed by atoms with Gasteiger partial charge in [0.1, 0.15) is 0 Å². The Morgan fingerprint density at radius 1 is 0.793 bits per heavy atom. The van der Waals surface area contributed by atoms with Gasteiger partial charge in [0.25, 0.3) is 0 Å². The summed E-state index contributed by atoms with van der Waals surface area (Å²) in [6, 6.07) is 29.1. The van der Waals surface area contributed by atoms with Gasteiger partial charge in [0.05, 0.1) is 5.69 Å². The standard InChI is InChI=1S/C27H26N2/c1-21-11-8-9-18-26(21)27-22(19-28-24-14-4-2-5-15-24)12-10-13-23(27)20-29-25-16-6-3-7-17-25/h2-9,11,14-20,28H,10,12-13H2,1H3/b22-19+,29-20?. The molecule has 0 aromatic heterocycles. The van der Waals surface area contributed by atoms with Crippen LogP contribution in [0.1, 0.15) is 30.4 Å². The molecule has 3 aromatic carbocycles. The third kappa shape index (κ3) is 4.72. The Kier molecular flexibility index (Phi) is 6.01. The monoisotopic (exact) mass is 378 g/mol. The van der Waals surface area contributed by atoms with E-state index in [0.29, 0.717) is 0 Å². The molecular weight excluding hydrogens is 352 g/mol. The van der Waals surface area contributed by atoms with Crippen LogP contribution in [-0.4, -0.2) is 6.21 Å². The molecule has 0 saturated heterocycles. The number of rotatable bonds is 5. The Bertz CT molecular complexity index is 1040. The number of nitrogens with zero attached hydrogens (tertiary/aromatic N) is 1. The normalized spacial score (nSPS) is 15.8. The predicted octanol–water partition coefficient (Wildman–Crippen LogP) is 7.33. The molecule has 0 radical (unpaired) electrons. The molecule has 0 unspecified atom stereocenters. The van der Waals surface area contributed by atoms with Crippen molar-refractivity contribution in [2.45, 2.75) is 26.2 Å². The van der Waals surface area contributed by atoms with E-state index in [0.717, 1.165) is 30.6 Å². The van der Waals surface area contributed by atoms with Crippen LogP contribution in [0.2, 0.25) is 0 Å². The van der Waals surface area contributed by atoms with Crippen molar-refractivity contribution in [1.29, 1.82) is 0 Å². The number of anilines is 1. The first-order valence-electron chi connectivity index (χ1n) is 10.2. The molecule has 144 valence electrons. The van der Waals surface area contributed by atoms with E-state index in [2.05, 4.69) is 73.2 Å². The van der Waals surface area contributed by atoms with Crippen molar-refractivity contribution >= 4 is 23.2 Å². The second-order valence-electron chi connectivity index (χ2n) is 7.34. The lowest BCUT2D eigenvalue weighted by molar-refractivity contribution is 0.813. The highest BCUT2D eigenvalue weighted by atomic mass is 14.8. The Balaban J connectivity index is 1.76. The summed E-state index contributed by atoms with van der Waals surface area (Å²) < 4.78 is 0. The maximum Gasteiger partial charge on any atom is 0.0629 e. The molecule has 0 amide bonds. The predicted molar refractivity (Wildman–Crippen MR) is 125 cm³/mol. The fourth-order valence-electron chi connectivity index (χ4n) is 3.77. The van der Waals surface area contributed by atoms with Gasteiger partial charge in [-0.05, 0) is 78.3 Å². The molecule has 0 fully saturated rings. The van der Waals surface area contributed by atoms with Gasteiger partial charge in [-0.15, -0.1) is 0 Å². The van der Waals surface area contributed by atoms with Gasteiger partial charge < -0.3 is 5.32 Å². The highest BCUT2D eigenvalue weighted by Gasteiger charge is 2.19. The van der Waals surface area contributed by atoms with Crippen LogP contribution in [0.15, 0.2) is 107 Å². The fraction of sp³-hybridized carbons (Fsp3) is 0.148. The average Bonchev–Trinajstić information content (AvgIpc) is 2.78.